The van der Waals surface area contributed by atoms with Crippen molar-refractivity contribution in [2.24, 2.45) is 0 Å². The van der Waals surface area contributed by atoms with Crippen LogP contribution in [0.2, 0.25) is 0 Å². The molecule has 2 heterocycles. The number of thiophene rings is 1. The third kappa shape index (κ3) is 3.69. The summed E-state index contributed by atoms with van der Waals surface area (Å²) in [5.41, 5.74) is 1.72. The molecular weight excluding hydrogens is 406 g/mol. The highest BCUT2D eigenvalue weighted by molar-refractivity contribution is 8.04. The maximum Gasteiger partial charge on any atom is 0.348 e. The van der Waals surface area contributed by atoms with Gasteiger partial charge in [-0.2, -0.15) is 5.26 Å². The summed E-state index contributed by atoms with van der Waals surface area (Å²) in [5, 5.41) is 16.0. The second-order valence-corrected chi connectivity index (χ2v) is 8.77. The van der Waals surface area contributed by atoms with Crippen molar-refractivity contribution >= 4 is 72.5 Å². The molecule has 0 spiro atoms. The van der Waals surface area contributed by atoms with E-state index in [2.05, 4.69) is 15.7 Å². The lowest BCUT2D eigenvalue weighted by molar-refractivity contribution is 0.0531. The fraction of sp³-hybridized carbons (Fsp3) is 0.235. The minimum absolute atomic E-state index is 0.314. The Hall–Kier alpha value is -1.73. The molecule has 1 aromatic carbocycles. The molecule has 0 bridgehead atoms. The summed E-state index contributed by atoms with van der Waals surface area (Å²) in [5.74, 6) is -0.364. The normalized spacial score (nSPS) is 10.7. The SMILES string of the molecule is CCOC(=O)c1sc(Nc2nc3c(SC)cccc3s2)c(SC#N)c1C. The number of ether oxygens (including phenoxy) is 1. The molecule has 0 saturated heterocycles. The number of esters is 1. The van der Waals surface area contributed by atoms with Crippen LogP contribution in [-0.2, 0) is 4.74 Å². The van der Waals surface area contributed by atoms with Gasteiger partial charge in [0.15, 0.2) is 5.13 Å². The minimum Gasteiger partial charge on any atom is -0.462 e. The zero-order valence-electron chi connectivity index (χ0n) is 14.3. The van der Waals surface area contributed by atoms with Gasteiger partial charge in [-0.1, -0.05) is 17.4 Å². The second-order valence-electron chi connectivity index (χ2n) is 5.08. The Bertz CT molecular complexity index is 1000. The molecule has 0 unspecified atom stereocenters. The number of hydrogen-bond donors (Lipinski definition) is 1. The number of nitriles is 1. The molecule has 5 nitrogen and oxygen atoms in total. The molecule has 0 fully saturated rings. The second kappa shape index (κ2) is 8.31. The van der Waals surface area contributed by atoms with Gasteiger partial charge in [-0.3, -0.25) is 0 Å². The van der Waals surface area contributed by atoms with Crippen LogP contribution >= 0.6 is 46.2 Å². The van der Waals surface area contributed by atoms with Gasteiger partial charge in [0.25, 0.3) is 0 Å². The van der Waals surface area contributed by atoms with Crippen molar-refractivity contribution in [2.45, 2.75) is 23.6 Å². The van der Waals surface area contributed by atoms with Crippen molar-refractivity contribution in [3.63, 3.8) is 0 Å². The zero-order valence-corrected chi connectivity index (χ0v) is 17.5. The third-order valence-electron chi connectivity index (χ3n) is 3.52. The number of fused-ring (bicyclic) bond motifs is 1. The molecule has 0 aliphatic heterocycles. The molecule has 2 aromatic heterocycles. The van der Waals surface area contributed by atoms with Gasteiger partial charge < -0.3 is 10.1 Å². The molecule has 0 radical (unpaired) electrons. The van der Waals surface area contributed by atoms with Crippen molar-refractivity contribution in [3.8, 4) is 5.40 Å². The summed E-state index contributed by atoms with van der Waals surface area (Å²) in [6, 6.07) is 6.09. The van der Waals surface area contributed by atoms with E-state index >= 15 is 0 Å². The molecule has 0 aliphatic rings. The largest absolute Gasteiger partial charge is 0.462 e. The monoisotopic (exact) mass is 421 g/mol. The number of thiazole rings is 1. The van der Waals surface area contributed by atoms with Gasteiger partial charge in [0.1, 0.15) is 15.3 Å². The van der Waals surface area contributed by atoms with E-state index in [4.69, 9.17) is 10.00 Å². The van der Waals surface area contributed by atoms with Crippen LogP contribution in [0, 0.1) is 17.6 Å². The standard InChI is InChI=1S/C17H15N3O2S4/c1-4-22-16(21)14-9(2)13(24-8-18)15(26-14)20-17-19-12-10(23-3)6-5-7-11(12)25-17/h5-7H,4H2,1-3H3,(H,19,20). The Morgan fingerprint density at radius 1 is 1.42 bits per heavy atom. The van der Waals surface area contributed by atoms with Gasteiger partial charge in [0.05, 0.1) is 21.7 Å². The number of nitrogens with one attached hydrogen (secondary N) is 1. The maximum absolute atomic E-state index is 12.2. The van der Waals surface area contributed by atoms with E-state index in [9.17, 15) is 4.79 Å². The summed E-state index contributed by atoms with van der Waals surface area (Å²) in [4.78, 5) is 19.2. The summed E-state index contributed by atoms with van der Waals surface area (Å²) in [6.07, 6.45) is 2.02. The fourth-order valence-corrected chi connectivity index (χ4v) is 5.77. The van der Waals surface area contributed by atoms with E-state index in [1.165, 1.54) is 11.3 Å². The summed E-state index contributed by atoms with van der Waals surface area (Å²) < 4.78 is 6.21. The smallest absolute Gasteiger partial charge is 0.348 e. The molecular formula is C17H15N3O2S4. The van der Waals surface area contributed by atoms with E-state index in [1.807, 2.05) is 31.4 Å². The van der Waals surface area contributed by atoms with Crippen molar-refractivity contribution in [1.29, 1.82) is 5.26 Å². The lowest BCUT2D eigenvalue weighted by atomic mass is 10.3. The van der Waals surface area contributed by atoms with Crippen molar-refractivity contribution < 1.29 is 9.53 Å². The van der Waals surface area contributed by atoms with Crippen LogP contribution in [0.1, 0.15) is 22.2 Å². The number of hydrogen-bond acceptors (Lipinski definition) is 9. The predicted molar refractivity (Wildman–Crippen MR) is 111 cm³/mol. The fourth-order valence-electron chi connectivity index (χ4n) is 2.38. The van der Waals surface area contributed by atoms with E-state index < -0.39 is 0 Å². The molecule has 3 aromatic rings. The minimum atomic E-state index is -0.364. The van der Waals surface area contributed by atoms with Crippen molar-refractivity contribution in [1.82, 2.24) is 4.98 Å². The molecule has 0 aliphatic carbocycles. The Labute approximate surface area is 167 Å². The Kier molecular flexibility index (Phi) is 6.09. The number of carbonyl (C=O) groups excluding carboxylic acids is 1. The zero-order chi connectivity index (χ0) is 18.7. The van der Waals surface area contributed by atoms with E-state index in [0.29, 0.717) is 11.5 Å². The number of aromatic nitrogens is 1. The van der Waals surface area contributed by atoms with E-state index in [0.717, 1.165) is 47.5 Å². The first-order valence-electron chi connectivity index (χ1n) is 7.66. The average Bonchev–Trinajstić information content (AvgIpc) is 3.17. The number of anilines is 2. The summed E-state index contributed by atoms with van der Waals surface area (Å²) in [6.45, 7) is 3.92. The molecule has 0 saturated carbocycles. The topological polar surface area (TPSA) is 75.0 Å². The Balaban J connectivity index is 2.00. The Morgan fingerprint density at radius 3 is 2.92 bits per heavy atom. The molecule has 0 amide bonds. The molecule has 9 heteroatoms. The first-order chi connectivity index (χ1) is 12.6. The number of rotatable bonds is 6. The first-order valence-corrected chi connectivity index (χ1v) is 11.3. The molecule has 0 atom stereocenters. The Morgan fingerprint density at radius 2 is 2.23 bits per heavy atom. The van der Waals surface area contributed by atoms with Gasteiger partial charge >= 0.3 is 5.97 Å². The quantitative estimate of drug-likeness (QED) is 0.302. The highest BCUT2D eigenvalue weighted by Gasteiger charge is 2.22. The number of para-hydroxylation sites is 1. The van der Waals surface area contributed by atoms with Gasteiger partial charge in [-0.15, -0.1) is 23.1 Å². The van der Waals surface area contributed by atoms with E-state index in [1.54, 1.807) is 30.0 Å². The molecule has 3 rings (SSSR count). The lowest BCUT2D eigenvalue weighted by Gasteiger charge is -2.01. The lowest BCUT2D eigenvalue weighted by Crippen LogP contribution is -2.03. The van der Waals surface area contributed by atoms with Crippen LogP contribution in [0.15, 0.2) is 28.0 Å². The number of nitrogens with zero attached hydrogens (tertiary/aromatic N) is 2. The predicted octanol–water partition coefficient (Wildman–Crippen LogP) is 5.88. The van der Waals surface area contributed by atoms with Crippen molar-refractivity contribution in [3.05, 3.63) is 28.6 Å². The van der Waals surface area contributed by atoms with Crippen LogP contribution in [0.3, 0.4) is 0 Å². The van der Waals surface area contributed by atoms with Crippen LogP contribution < -0.4 is 5.32 Å². The van der Waals surface area contributed by atoms with Crippen LogP contribution in [-0.4, -0.2) is 23.8 Å². The molecule has 1 N–H and O–H groups in total. The van der Waals surface area contributed by atoms with Gasteiger partial charge in [0.2, 0.25) is 0 Å². The van der Waals surface area contributed by atoms with E-state index in [-0.39, 0.29) is 5.97 Å². The number of thiocyanates is 1. The van der Waals surface area contributed by atoms with Gasteiger partial charge in [0, 0.05) is 4.90 Å². The summed E-state index contributed by atoms with van der Waals surface area (Å²) in [7, 11) is 0. The first kappa shape index (κ1) is 19.0. The average molecular weight is 422 g/mol. The van der Waals surface area contributed by atoms with Crippen LogP contribution in [0.5, 0.6) is 0 Å². The maximum atomic E-state index is 12.2. The number of thioether (sulfide) groups is 2. The molecule has 26 heavy (non-hydrogen) atoms. The highest BCUT2D eigenvalue weighted by Crippen LogP contribution is 2.43. The van der Waals surface area contributed by atoms with Crippen LogP contribution in [0.25, 0.3) is 10.2 Å². The van der Waals surface area contributed by atoms with Crippen molar-refractivity contribution in [2.75, 3.05) is 18.2 Å². The third-order valence-corrected chi connectivity index (χ3v) is 7.35. The molecule has 134 valence electrons. The number of benzene rings is 1. The van der Waals surface area contributed by atoms with Gasteiger partial charge in [-0.05, 0) is 49.6 Å². The highest BCUT2D eigenvalue weighted by atomic mass is 32.2. The van der Waals surface area contributed by atoms with Crippen LogP contribution in [0.4, 0.5) is 10.1 Å². The van der Waals surface area contributed by atoms with Gasteiger partial charge in [-0.25, -0.2) is 9.78 Å². The number of carbonyl (C=O) groups is 1. The summed E-state index contributed by atoms with van der Waals surface area (Å²) >= 11 is 5.53.